The Labute approximate surface area is 168 Å². The van der Waals surface area contributed by atoms with Crippen molar-refractivity contribution in [1.29, 1.82) is 0 Å². The number of amides is 1. The van der Waals surface area contributed by atoms with Gasteiger partial charge >= 0.3 is 0 Å². The van der Waals surface area contributed by atoms with E-state index in [1.807, 2.05) is 0 Å². The lowest BCUT2D eigenvalue weighted by Crippen LogP contribution is -2.27. The molecule has 3 heterocycles. The minimum atomic E-state index is -0.251. The Hall–Kier alpha value is -2.58. The molecule has 0 saturated carbocycles. The normalized spacial score (nSPS) is 14.9. The highest BCUT2D eigenvalue weighted by Crippen LogP contribution is 2.23. The Morgan fingerprint density at radius 1 is 1.25 bits per heavy atom. The van der Waals surface area contributed by atoms with E-state index in [-0.39, 0.29) is 5.91 Å². The van der Waals surface area contributed by atoms with Crippen LogP contribution in [0.2, 0.25) is 0 Å². The Bertz CT molecular complexity index is 955. The molecule has 2 aromatic heterocycles. The zero-order valence-corrected chi connectivity index (χ0v) is 16.9. The van der Waals surface area contributed by atoms with E-state index in [4.69, 9.17) is 0 Å². The largest absolute Gasteiger partial charge is 0.317 e. The van der Waals surface area contributed by atoms with Gasteiger partial charge in [-0.05, 0) is 38.4 Å². The third-order valence-electron chi connectivity index (χ3n) is 4.97. The van der Waals surface area contributed by atoms with Crippen molar-refractivity contribution in [3.05, 3.63) is 57.3 Å². The van der Waals surface area contributed by atoms with Gasteiger partial charge in [-0.25, -0.2) is 9.67 Å². The fourth-order valence-electron chi connectivity index (χ4n) is 3.31. The maximum absolute atomic E-state index is 12.6. The van der Waals surface area contributed by atoms with E-state index in [9.17, 15) is 4.79 Å². The molecule has 0 radical (unpaired) electrons. The van der Waals surface area contributed by atoms with Gasteiger partial charge in [-0.3, -0.25) is 10.1 Å². The Balaban J connectivity index is 1.42. The molecule has 2 N–H and O–H groups in total. The van der Waals surface area contributed by atoms with Gasteiger partial charge in [-0.2, -0.15) is 10.1 Å². The lowest BCUT2D eigenvalue weighted by Gasteiger charge is -2.19. The van der Waals surface area contributed by atoms with Crippen LogP contribution in [0.25, 0.3) is 0 Å². The first kappa shape index (κ1) is 18.8. The van der Waals surface area contributed by atoms with Crippen LogP contribution < -0.4 is 10.6 Å². The summed E-state index contributed by atoms with van der Waals surface area (Å²) in [6.45, 7) is 4.03. The third kappa shape index (κ3) is 4.28. The van der Waals surface area contributed by atoms with E-state index < -0.39 is 0 Å². The lowest BCUT2D eigenvalue weighted by molar-refractivity contribution is 0.102. The van der Waals surface area contributed by atoms with E-state index in [1.54, 1.807) is 17.1 Å². The van der Waals surface area contributed by atoms with Crippen molar-refractivity contribution in [2.24, 2.45) is 7.05 Å². The fraction of sp³-hybridized carbons (Fsp3) is 0.400. The van der Waals surface area contributed by atoms with Crippen LogP contribution in [-0.2, 0) is 13.5 Å². The van der Waals surface area contributed by atoms with Crippen LogP contribution in [0.15, 0.2) is 29.6 Å². The molecule has 7 nitrogen and oxygen atoms in total. The molecule has 1 fully saturated rings. The summed E-state index contributed by atoms with van der Waals surface area (Å²) in [5.41, 5.74) is 2.83. The number of hydrogen-bond acceptors (Lipinski definition) is 6. The number of aromatic nitrogens is 4. The molecule has 28 heavy (non-hydrogen) atoms. The van der Waals surface area contributed by atoms with Gasteiger partial charge in [0.25, 0.3) is 5.91 Å². The molecule has 3 aromatic rings. The number of aryl methyl sites for hydroxylation is 2. The fourth-order valence-corrected chi connectivity index (χ4v) is 4.12. The van der Waals surface area contributed by atoms with Gasteiger partial charge in [0.05, 0.1) is 5.01 Å². The van der Waals surface area contributed by atoms with Gasteiger partial charge in [-0.15, -0.1) is 11.3 Å². The average molecular weight is 397 g/mol. The molecule has 1 aliphatic rings. The van der Waals surface area contributed by atoms with E-state index >= 15 is 0 Å². The van der Waals surface area contributed by atoms with Crippen molar-refractivity contribution < 1.29 is 4.79 Å². The zero-order chi connectivity index (χ0) is 19.5. The number of thiazole rings is 1. The number of hydrogen-bond donors (Lipinski definition) is 2. The maximum Gasteiger partial charge on any atom is 0.277 e. The molecule has 8 heteroatoms. The third-order valence-corrected chi connectivity index (χ3v) is 5.82. The quantitative estimate of drug-likeness (QED) is 0.693. The van der Waals surface area contributed by atoms with Crippen molar-refractivity contribution in [3.8, 4) is 0 Å². The lowest BCUT2D eigenvalue weighted by atomic mass is 9.98. The minimum Gasteiger partial charge on any atom is -0.317 e. The second-order valence-electron chi connectivity index (χ2n) is 7.18. The summed E-state index contributed by atoms with van der Waals surface area (Å²) < 4.78 is 1.63. The monoisotopic (exact) mass is 396 g/mol. The van der Waals surface area contributed by atoms with Crippen molar-refractivity contribution in [2.45, 2.75) is 32.1 Å². The number of nitrogens with zero attached hydrogens (tertiary/aromatic N) is 4. The molecule has 1 aromatic carbocycles. The van der Waals surface area contributed by atoms with E-state index in [0.29, 0.717) is 17.6 Å². The highest BCUT2D eigenvalue weighted by atomic mass is 32.1. The summed E-state index contributed by atoms with van der Waals surface area (Å²) in [6, 6.07) is 8.37. The highest BCUT2D eigenvalue weighted by Gasteiger charge is 2.22. The van der Waals surface area contributed by atoms with Gasteiger partial charge in [0.15, 0.2) is 5.82 Å². The molecule has 1 amide bonds. The summed E-state index contributed by atoms with van der Waals surface area (Å²) in [4.78, 5) is 21.6. The number of piperidine rings is 1. The van der Waals surface area contributed by atoms with Gasteiger partial charge in [0.1, 0.15) is 5.69 Å². The van der Waals surface area contributed by atoms with E-state index in [1.165, 1.54) is 22.5 Å². The van der Waals surface area contributed by atoms with Gasteiger partial charge < -0.3 is 5.32 Å². The first-order valence-electron chi connectivity index (χ1n) is 9.51. The summed E-state index contributed by atoms with van der Waals surface area (Å²) in [7, 11) is 1.80. The average Bonchev–Trinajstić information content (AvgIpc) is 3.31. The van der Waals surface area contributed by atoms with Crippen molar-refractivity contribution in [3.63, 3.8) is 0 Å². The predicted molar refractivity (Wildman–Crippen MR) is 110 cm³/mol. The van der Waals surface area contributed by atoms with Crippen LogP contribution in [0.1, 0.15) is 51.2 Å². The molecule has 0 unspecified atom stereocenters. The molecule has 146 valence electrons. The number of nitrogens with one attached hydrogen (secondary N) is 2. The van der Waals surface area contributed by atoms with Gasteiger partial charge in [0.2, 0.25) is 5.95 Å². The molecule has 1 saturated heterocycles. The first-order valence-corrected chi connectivity index (χ1v) is 10.4. The van der Waals surface area contributed by atoms with Crippen LogP contribution in [-0.4, -0.2) is 38.7 Å². The molecule has 0 spiro atoms. The Kier molecular flexibility index (Phi) is 5.50. The van der Waals surface area contributed by atoms with E-state index in [0.717, 1.165) is 43.2 Å². The standard InChI is InChI=1S/C20H24N6OS/c1-13-3-5-14(6-4-13)11-17-22-16(12-28-17)19(27)24-20-23-18(25-26(20)2)15-7-9-21-10-8-15/h3-6,12,15,21H,7-11H2,1-2H3,(H,23,24,25,27). The predicted octanol–water partition coefficient (Wildman–Crippen LogP) is 2.89. The molecule has 0 aliphatic carbocycles. The Morgan fingerprint density at radius 3 is 2.75 bits per heavy atom. The second-order valence-corrected chi connectivity index (χ2v) is 8.13. The highest BCUT2D eigenvalue weighted by molar-refractivity contribution is 7.09. The summed E-state index contributed by atoms with van der Waals surface area (Å²) >= 11 is 1.50. The maximum atomic E-state index is 12.6. The topological polar surface area (TPSA) is 84.7 Å². The molecule has 1 aliphatic heterocycles. The van der Waals surface area contributed by atoms with Crippen LogP contribution in [0.4, 0.5) is 5.95 Å². The zero-order valence-electron chi connectivity index (χ0n) is 16.1. The summed E-state index contributed by atoms with van der Waals surface area (Å²) in [5.74, 6) is 1.36. The SMILES string of the molecule is Cc1ccc(Cc2nc(C(=O)Nc3nc(C4CCNCC4)nn3C)cs2)cc1. The van der Waals surface area contributed by atoms with Crippen molar-refractivity contribution in [2.75, 3.05) is 18.4 Å². The summed E-state index contributed by atoms with van der Waals surface area (Å²) in [5, 5.41) is 13.4. The summed E-state index contributed by atoms with van der Waals surface area (Å²) in [6.07, 6.45) is 2.76. The number of carbonyl (C=O) groups excluding carboxylic acids is 1. The number of benzene rings is 1. The van der Waals surface area contributed by atoms with Crippen LogP contribution in [0, 0.1) is 6.92 Å². The van der Waals surface area contributed by atoms with Crippen molar-refractivity contribution >= 4 is 23.2 Å². The number of rotatable bonds is 5. The van der Waals surface area contributed by atoms with Gasteiger partial charge in [-0.1, -0.05) is 29.8 Å². The molecule has 4 rings (SSSR count). The molecular formula is C20H24N6OS. The van der Waals surface area contributed by atoms with Crippen molar-refractivity contribution in [1.82, 2.24) is 25.1 Å². The van der Waals surface area contributed by atoms with Crippen LogP contribution in [0.5, 0.6) is 0 Å². The first-order chi connectivity index (χ1) is 13.6. The smallest absolute Gasteiger partial charge is 0.277 e. The molecule has 0 atom stereocenters. The Morgan fingerprint density at radius 2 is 2.00 bits per heavy atom. The number of anilines is 1. The van der Waals surface area contributed by atoms with Crippen LogP contribution >= 0.6 is 11.3 Å². The second kappa shape index (κ2) is 8.20. The van der Waals surface area contributed by atoms with Gasteiger partial charge in [0, 0.05) is 24.8 Å². The van der Waals surface area contributed by atoms with Crippen LogP contribution in [0.3, 0.4) is 0 Å². The molecule has 0 bridgehead atoms. The van der Waals surface area contributed by atoms with E-state index in [2.05, 4.69) is 56.9 Å². The number of carbonyl (C=O) groups is 1. The molecular weight excluding hydrogens is 372 g/mol. The minimum absolute atomic E-state index is 0.251.